The van der Waals surface area contributed by atoms with Crippen molar-refractivity contribution in [2.45, 2.75) is 13.8 Å². The number of anilines is 1. The Morgan fingerprint density at radius 1 is 1.09 bits per heavy atom. The number of carbonyl (C=O) groups excluding carboxylic acids is 2. The molecule has 1 aliphatic heterocycles. The number of halogens is 1. The van der Waals surface area contributed by atoms with Gasteiger partial charge in [-0.15, -0.1) is 0 Å². The summed E-state index contributed by atoms with van der Waals surface area (Å²) >= 11 is 12.8. The van der Waals surface area contributed by atoms with Gasteiger partial charge in [0, 0.05) is 0 Å². The van der Waals surface area contributed by atoms with Gasteiger partial charge in [0.2, 0.25) is 0 Å². The maximum Gasteiger partial charge on any atom is 0.344 e. The van der Waals surface area contributed by atoms with Crippen molar-refractivity contribution in [2.75, 3.05) is 31.8 Å². The molecule has 2 aromatic carbocycles. The van der Waals surface area contributed by atoms with Crippen LogP contribution in [0.1, 0.15) is 19.4 Å². The molecule has 0 aromatic heterocycles. The van der Waals surface area contributed by atoms with Crippen LogP contribution in [-0.2, 0) is 14.3 Å². The molecule has 3 rings (SSSR count). The lowest BCUT2D eigenvalue weighted by molar-refractivity contribution is -0.145. The zero-order valence-corrected chi connectivity index (χ0v) is 20.6. The van der Waals surface area contributed by atoms with Crippen LogP contribution in [0.5, 0.6) is 17.2 Å². The van der Waals surface area contributed by atoms with Gasteiger partial charge >= 0.3 is 5.97 Å². The number of rotatable bonds is 9. The quantitative estimate of drug-likeness (QED) is 0.264. The van der Waals surface area contributed by atoms with E-state index in [4.69, 9.17) is 42.8 Å². The van der Waals surface area contributed by atoms with Crippen molar-refractivity contribution < 1.29 is 28.5 Å². The summed E-state index contributed by atoms with van der Waals surface area (Å²) in [5.74, 6) is 0.642. The topological polar surface area (TPSA) is 74.3 Å². The number of nitrogens with zero attached hydrogens (tertiary/aromatic N) is 1. The summed E-state index contributed by atoms with van der Waals surface area (Å²) in [6.45, 7) is 4.02. The van der Waals surface area contributed by atoms with Crippen molar-refractivity contribution in [1.82, 2.24) is 0 Å². The van der Waals surface area contributed by atoms with Crippen molar-refractivity contribution in [3.8, 4) is 17.2 Å². The van der Waals surface area contributed by atoms with Crippen LogP contribution in [0, 0.1) is 0 Å². The predicted octanol–water partition coefficient (Wildman–Crippen LogP) is 5.10. The van der Waals surface area contributed by atoms with E-state index in [0.717, 1.165) is 5.56 Å². The van der Waals surface area contributed by atoms with Gasteiger partial charge in [-0.25, -0.2) is 4.79 Å². The van der Waals surface area contributed by atoms with Crippen molar-refractivity contribution in [3.63, 3.8) is 0 Å². The normalized spacial score (nSPS) is 14.5. The van der Waals surface area contributed by atoms with E-state index in [9.17, 15) is 9.59 Å². The van der Waals surface area contributed by atoms with E-state index in [1.165, 1.54) is 23.8 Å². The second-order valence-electron chi connectivity index (χ2n) is 6.57. The first-order valence-electron chi connectivity index (χ1n) is 10.0. The van der Waals surface area contributed by atoms with Gasteiger partial charge in [0.1, 0.15) is 5.75 Å². The standard InChI is InChI=1S/C23H22ClNO6S2/c1-4-29-19-10-14(6-8-18(19)31-13-21(26)30-5-2)11-20-22(27)25(23(32)33-20)15-7-9-17(28-3)16(24)12-15/h6-12H,4-5,13H2,1-3H3/b20-11-. The van der Waals surface area contributed by atoms with E-state index >= 15 is 0 Å². The zero-order valence-electron chi connectivity index (χ0n) is 18.3. The molecule has 1 amide bonds. The van der Waals surface area contributed by atoms with E-state index in [2.05, 4.69) is 0 Å². The summed E-state index contributed by atoms with van der Waals surface area (Å²) in [6, 6.07) is 10.2. The summed E-state index contributed by atoms with van der Waals surface area (Å²) < 4.78 is 21.6. The van der Waals surface area contributed by atoms with Crippen LogP contribution in [0.15, 0.2) is 41.3 Å². The Kier molecular flexibility index (Phi) is 8.60. The molecule has 10 heteroatoms. The number of hydrogen-bond acceptors (Lipinski definition) is 8. The molecule has 0 N–H and O–H groups in total. The fourth-order valence-electron chi connectivity index (χ4n) is 2.98. The van der Waals surface area contributed by atoms with Gasteiger partial charge < -0.3 is 18.9 Å². The smallest absolute Gasteiger partial charge is 0.344 e. The Hall–Kier alpha value is -2.75. The minimum Gasteiger partial charge on any atom is -0.495 e. The highest BCUT2D eigenvalue weighted by molar-refractivity contribution is 8.27. The summed E-state index contributed by atoms with van der Waals surface area (Å²) in [6.07, 6.45) is 1.72. The molecule has 0 spiro atoms. The highest BCUT2D eigenvalue weighted by Gasteiger charge is 2.33. The molecule has 1 aliphatic rings. The van der Waals surface area contributed by atoms with E-state index in [0.29, 0.717) is 43.8 Å². The Morgan fingerprint density at radius 3 is 2.52 bits per heavy atom. The average molecular weight is 508 g/mol. The summed E-state index contributed by atoms with van der Waals surface area (Å²) in [7, 11) is 1.52. The molecular formula is C23H22ClNO6S2. The van der Waals surface area contributed by atoms with Crippen molar-refractivity contribution >= 4 is 63.5 Å². The monoisotopic (exact) mass is 507 g/mol. The molecule has 0 unspecified atom stereocenters. The van der Waals surface area contributed by atoms with Gasteiger partial charge in [-0.2, -0.15) is 0 Å². The third kappa shape index (κ3) is 5.98. The number of benzene rings is 2. The Bertz CT molecular complexity index is 1100. The number of carbonyl (C=O) groups is 2. The zero-order chi connectivity index (χ0) is 24.0. The number of amides is 1. The number of thioether (sulfide) groups is 1. The molecule has 2 aromatic rings. The van der Waals surface area contributed by atoms with Crippen molar-refractivity contribution in [3.05, 3.63) is 51.9 Å². The molecule has 0 radical (unpaired) electrons. The second-order valence-corrected chi connectivity index (χ2v) is 8.65. The van der Waals surface area contributed by atoms with Gasteiger partial charge in [-0.3, -0.25) is 9.69 Å². The molecule has 0 saturated carbocycles. The molecule has 1 saturated heterocycles. The van der Waals surface area contributed by atoms with Crippen LogP contribution in [0.4, 0.5) is 5.69 Å². The Labute approximate surface area is 206 Å². The minimum absolute atomic E-state index is 0.226. The van der Waals surface area contributed by atoms with Crippen LogP contribution in [-0.4, -0.2) is 43.1 Å². The highest BCUT2D eigenvalue weighted by atomic mass is 35.5. The molecule has 1 heterocycles. The molecule has 0 aliphatic carbocycles. The number of thiocarbonyl (C=S) groups is 1. The third-order valence-corrected chi connectivity index (χ3v) is 6.00. The van der Waals surface area contributed by atoms with Crippen molar-refractivity contribution in [1.29, 1.82) is 0 Å². The molecule has 174 valence electrons. The van der Waals surface area contributed by atoms with Crippen LogP contribution in [0.2, 0.25) is 5.02 Å². The maximum atomic E-state index is 13.1. The van der Waals surface area contributed by atoms with Crippen LogP contribution in [0.25, 0.3) is 6.08 Å². The molecule has 1 fully saturated rings. The van der Waals surface area contributed by atoms with Crippen LogP contribution in [0.3, 0.4) is 0 Å². The largest absolute Gasteiger partial charge is 0.495 e. The van der Waals surface area contributed by atoms with Gasteiger partial charge in [0.05, 0.1) is 35.9 Å². The average Bonchev–Trinajstić information content (AvgIpc) is 3.06. The summed E-state index contributed by atoms with van der Waals surface area (Å²) in [5.41, 5.74) is 1.28. The summed E-state index contributed by atoms with van der Waals surface area (Å²) in [4.78, 5) is 26.5. The van der Waals surface area contributed by atoms with Crippen molar-refractivity contribution in [2.24, 2.45) is 0 Å². The Morgan fingerprint density at radius 2 is 1.85 bits per heavy atom. The molecule has 7 nitrogen and oxygen atoms in total. The first-order chi connectivity index (χ1) is 15.9. The van der Waals surface area contributed by atoms with E-state index < -0.39 is 5.97 Å². The lowest BCUT2D eigenvalue weighted by Crippen LogP contribution is -2.27. The van der Waals surface area contributed by atoms with Gasteiger partial charge in [-0.1, -0.05) is 41.6 Å². The lowest BCUT2D eigenvalue weighted by atomic mass is 10.1. The Balaban J connectivity index is 1.83. The number of ether oxygens (including phenoxy) is 4. The first-order valence-corrected chi connectivity index (χ1v) is 11.6. The number of esters is 1. The molecular weight excluding hydrogens is 486 g/mol. The minimum atomic E-state index is -0.466. The lowest BCUT2D eigenvalue weighted by Gasteiger charge is -2.15. The van der Waals surface area contributed by atoms with Gasteiger partial charge in [-0.05, 0) is 55.8 Å². The van der Waals surface area contributed by atoms with E-state index in [-0.39, 0.29) is 19.1 Å². The molecule has 0 bridgehead atoms. The van der Waals surface area contributed by atoms with Crippen LogP contribution < -0.4 is 19.1 Å². The molecule has 0 atom stereocenters. The number of hydrogen-bond donors (Lipinski definition) is 0. The maximum absolute atomic E-state index is 13.1. The molecule has 33 heavy (non-hydrogen) atoms. The second kappa shape index (κ2) is 11.4. The van der Waals surface area contributed by atoms with Crippen LogP contribution >= 0.6 is 35.6 Å². The first kappa shape index (κ1) is 24.9. The predicted molar refractivity (Wildman–Crippen MR) is 133 cm³/mol. The van der Waals surface area contributed by atoms with Gasteiger partial charge in [0.25, 0.3) is 5.91 Å². The third-order valence-electron chi connectivity index (χ3n) is 4.40. The van der Waals surface area contributed by atoms with Gasteiger partial charge in [0.15, 0.2) is 22.4 Å². The summed E-state index contributed by atoms with van der Waals surface area (Å²) in [5, 5.41) is 0.382. The fraction of sp³-hybridized carbons (Fsp3) is 0.261. The van der Waals surface area contributed by atoms with E-state index in [1.807, 2.05) is 6.92 Å². The fourth-order valence-corrected chi connectivity index (χ4v) is 4.53. The number of methoxy groups -OCH3 is 1. The van der Waals surface area contributed by atoms with E-state index in [1.54, 1.807) is 49.4 Å². The highest BCUT2D eigenvalue weighted by Crippen LogP contribution is 2.39. The SMILES string of the molecule is CCOC(=O)COc1ccc(/C=C2\SC(=S)N(c3ccc(OC)c(Cl)c3)C2=O)cc1OCC.